The van der Waals surface area contributed by atoms with E-state index in [2.05, 4.69) is 41.1 Å². The zero-order chi connectivity index (χ0) is 11.5. The second-order valence-electron chi connectivity index (χ2n) is 5.64. The van der Waals surface area contributed by atoms with E-state index in [0.29, 0.717) is 0 Å². The number of H-pyrrole nitrogens is 1. The first kappa shape index (κ1) is 9.72. The van der Waals surface area contributed by atoms with Crippen LogP contribution in [-0.2, 0) is 12.0 Å². The van der Waals surface area contributed by atoms with Gasteiger partial charge in [-0.15, -0.1) is 0 Å². The van der Waals surface area contributed by atoms with E-state index >= 15 is 0 Å². The van der Waals surface area contributed by atoms with Crippen molar-refractivity contribution < 1.29 is 0 Å². The standard InChI is InChI=1S/C15H18N2/c1-15-8-4-9-17(15)10-7-12-11-5-2-3-6-13(11)16-14(12)15/h2-3,5-6,16H,4,7-10H2,1H3/t15-/m1/s1. The molecule has 17 heavy (non-hydrogen) atoms. The minimum absolute atomic E-state index is 0.270. The molecule has 1 saturated heterocycles. The smallest absolute Gasteiger partial charge is 0.0586 e. The minimum Gasteiger partial charge on any atom is -0.357 e. The molecule has 2 aliphatic heterocycles. The molecule has 0 unspecified atom stereocenters. The zero-order valence-corrected chi connectivity index (χ0v) is 10.3. The number of aromatic nitrogens is 1. The number of nitrogens with zero attached hydrogens (tertiary/aromatic N) is 1. The van der Waals surface area contributed by atoms with Crippen LogP contribution in [0.2, 0.25) is 0 Å². The molecule has 2 aliphatic rings. The number of benzene rings is 1. The molecule has 1 atom stereocenters. The van der Waals surface area contributed by atoms with Gasteiger partial charge in [0.05, 0.1) is 5.54 Å². The second kappa shape index (κ2) is 3.14. The molecule has 1 N–H and O–H groups in total. The van der Waals surface area contributed by atoms with Crippen molar-refractivity contribution in [3.8, 4) is 0 Å². The molecular weight excluding hydrogens is 208 g/mol. The molecule has 1 aromatic heterocycles. The summed E-state index contributed by atoms with van der Waals surface area (Å²) in [7, 11) is 0. The van der Waals surface area contributed by atoms with Crippen LogP contribution in [0.3, 0.4) is 0 Å². The van der Waals surface area contributed by atoms with Crippen LogP contribution < -0.4 is 0 Å². The highest BCUT2D eigenvalue weighted by molar-refractivity contribution is 5.85. The Balaban J connectivity index is 2.01. The normalized spacial score (nSPS) is 28.3. The second-order valence-corrected chi connectivity index (χ2v) is 5.64. The van der Waals surface area contributed by atoms with Crippen molar-refractivity contribution >= 4 is 10.9 Å². The van der Waals surface area contributed by atoms with Crippen molar-refractivity contribution in [1.82, 2.24) is 9.88 Å². The lowest BCUT2D eigenvalue weighted by Crippen LogP contribution is -2.44. The Bertz CT molecular complexity index is 584. The van der Waals surface area contributed by atoms with Crippen LogP contribution in [-0.4, -0.2) is 23.0 Å². The Morgan fingerprint density at radius 3 is 3.06 bits per heavy atom. The third kappa shape index (κ3) is 1.14. The summed E-state index contributed by atoms with van der Waals surface area (Å²) in [6.45, 7) is 4.91. The van der Waals surface area contributed by atoms with Crippen LogP contribution in [0.4, 0.5) is 0 Å². The summed E-state index contributed by atoms with van der Waals surface area (Å²) in [6.07, 6.45) is 3.84. The van der Waals surface area contributed by atoms with Crippen LogP contribution in [0, 0.1) is 0 Å². The summed E-state index contributed by atoms with van der Waals surface area (Å²) in [5.74, 6) is 0. The van der Waals surface area contributed by atoms with E-state index in [1.165, 1.54) is 48.9 Å². The predicted octanol–water partition coefficient (Wildman–Crippen LogP) is 3.04. The van der Waals surface area contributed by atoms with E-state index in [-0.39, 0.29) is 5.54 Å². The lowest BCUT2D eigenvalue weighted by atomic mass is 9.86. The Labute approximate surface area is 102 Å². The lowest BCUT2D eigenvalue weighted by molar-refractivity contribution is 0.139. The Hall–Kier alpha value is -1.28. The summed E-state index contributed by atoms with van der Waals surface area (Å²) in [4.78, 5) is 6.34. The van der Waals surface area contributed by atoms with Crippen LogP contribution in [0.5, 0.6) is 0 Å². The molecule has 2 aromatic rings. The van der Waals surface area contributed by atoms with Crippen molar-refractivity contribution in [2.45, 2.75) is 31.7 Å². The van der Waals surface area contributed by atoms with Gasteiger partial charge in [-0.05, 0) is 44.4 Å². The van der Waals surface area contributed by atoms with Gasteiger partial charge in [0.15, 0.2) is 0 Å². The van der Waals surface area contributed by atoms with Gasteiger partial charge in [-0.1, -0.05) is 18.2 Å². The van der Waals surface area contributed by atoms with Crippen LogP contribution in [0.1, 0.15) is 31.0 Å². The Kier molecular flexibility index (Phi) is 1.79. The molecule has 3 heterocycles. The summed E-state index contributed by atoms with van der Waals surface area (Å²) < 4.78 is 0. The summed E-state index contributed by atoms with van der Waals surface area (Å²) in [5.41, 5.74) is 4.64. The molecule has 0 radical (unpaired) electrons. The van der Waals surface area contributed by atoms with Gasteiger partial charge >= 0.3 is 0 Å². The van der Waals surface area contributed by atoms with E-state index < -0.39 is 0 Å². The SMILES string of the molecule is C[C@]12CCCN1CCc1c2[nH]c2ccccc12. The summed E-state index contributed by atoms with van der Waals surface area (Å²) >= 11 is 0. The van der Waals surface area contributed by atoms with Gasteiger partial charge in [-0.3, -0.25) is 4.90 Å². The van der Waals surface area contributed by atoms with Crippen LogP contribution in [0.25, 0.3) is 10.9 Å². The number of hydrogen-bond acceptors (Lipinski definition) is 1. The third-order valence-electron chi connectivity index (χ3n) is 4.77. The Morgan fingerprint density at radius 2 is 2.12 bits per heavy atom. The van der Waals surface area contributed by atoms with E-state index in [1.54, 1.807) is 5.56 Å². The first-order valence-electron chi connectivity index (χ1n) is 6.64. The van der Waals surface area contributed by atoms with Gasteiger partial charge < -0.3 is 4.98 Å². The molecule has 2 nitrogen and oxygen atoms in total. The number of aromatic amines is 1. The highest BCUT2D eigenvalue weighted by Crippen LogP contribution is 2.44. The largest absolute Gasteiger partial charge is 0.357 e. The number of nitrogens with one attached hydrogen (secondary N) is 1. The average molecular weight is 226 g/mol. The van der Waals surface area contributed by atoms with Gasteiger partial charge in [0, 0.05) is 23.1 Å². The van der Waals surface area contributed by atoms with E-state index in [0.717, 1.165) is 0 Å². The fourth-order valence-corrected chi connectivity index (χ4v) is 3.83. The molecule has 4 rings (SSSR count). The Morgan fingerprint density at radius 1 is 1.24 bits per heavy atom. The molecule has 1 aromatic carbocycles. The van der Waals surface area contributed by atoms with Crippen LogP contribution in [0.15, 0.2) is 24.3 Å². The number of hydrogen-bond donors (Lipinski definition) is 1. The molecule has 0 bridgehead atoms. The van der Waals surface area contributed by atoms with Gasteiger partial charge in [-0.25, -0.2) is 0 Å². The summed E-state index contributed by atoms with van der Waals surface area (Å²) in [5, 5.41) is 1.44. The average Bonchev–Trinajstić information content (AvgIpc) is 2.89. The topological polar surface area (TPSA) is 19.0 Å². The quantitative estimate of drug-likeness (QED) is 0.731. The van der Waals surface area contributed by atoms with Crippen molar-refractivity contribution in [2.75, 3.05) is 13.1 Å². The van der Waals surface area contributed by atoms with Crippen molar-refractivity contribution in [2.24, 2.45) is 0 Å². The fourth-order valence-electron chi connectivity index (χ4n) is 3.83. The molecule has 0 spiro atoms. The summed E-state index contributed by atoms with van der Waals surface area (Å²) in [6, 6.07) is 8.74. The van der Waals surface area contributed by atoms with Crippen molar-refractivity contribution in [1.29, 1.82) is 0 Å². The van der Waals surface area contributed by atoms with Gasteiger partial charge in [0.2, 0.25) is 0 Å². The van der Waals surface area contributed by atoms with E-state index in [1.807, 2.05) is 0 Å². The third-order valence-corrected chi connectivity index (χ3v) is 4.77. The number of rotatable bonds is 0. The molecule has 2 heteroatoms. The molecule has 0 saturated carbocycles. The zero-order valence-electron chi connectivity index (χ0n) is 10.3. The first-order valence-corrected chi connectivity index (χ1v) is 6.64. The van der Waals surface area contributed by atoms with Gasteiger partial charge in [-0.2, -0.15) is 0 Å². The lowest BCUT2D eigenvalue weighted by Gasteiger charge is -2.39. The van der Waals surface area contributed by atoms with Gasteiger partial charge in [0.1, 0.15) is 0 Å². The molecule has 88 valence electrons. The highest BCUT2D eigenvalue weighted by Gasteiger charge is 2.43. The highest BCUT2D eigenvalue weighted by atomic mass is 15.2. The number of fused-ring (bicyclic) bond motifs is 5. The van der Waals surface area contributed by atoms with Gasteiger partial charge in [0.25, 0.3) is 0 Å². The van der Waals surface area contributed by atoms with Crippen molar-refractivity contribution in [3.63, 3.8) is 0 Å². The fraction of sp³-hybridized carbons (Fsp3) is 0.467. The molecule has 0 amide bonds. The molecular formula is C15H18N2. The minimum atomic E-state index is 0.270. The maximum absolute atomic E-state index is 3.69. The van der Waals surface area contributed by atoms with Crippen LogP contribution >= 0.6 is 0 Å². The molecule has 0 aliphatic carbocycles. The first-order chi connectivity index (χ1) is 8.29. The van der Waals surface area contributed by atoms with Crippen molar-refractivity contribution in [3.05, 3.63) is 35.5 Å². The molecule has 1 fully saturated rings. The van der Waals surface area contributed by atoms with E-state index in [4.69, 9.17) is 0 Å². The maximum Gasteiger partial charge on any atom is 0.0586 e. The number of para-hydroxylation sites is 1. The monoisotopic (exact) mass is 226 g/mol. The predicted molar refractivity (Wildman–Crippen MR) is 70.2 cm³/mol. The van der Waals surface area contributed by atoms with E-state index in [9.17, 15) is 0 Å². The maximum atomic E-state index is 3.69.